The Hall–Kier alpha value is -3.06. The predicted octanol–water partition coefficient (Wildman–Crippen LogP) is 3.38. The molecule has 1 saturated heterocycles. The Morgan fingerprint density at radius 3 is 2.57 bits per heavy atom. The Balaban J connectivity index is 1.39. The molecular weight excluding hydrogens is 392 g/mol. The van der Waals surface area contributed by atoms with Gasteiger partial charge in [0.05, 0.1) is 5.39 Å². The highest BCUT2D eigenvalue weighted by atomic mass is 32.1. The van der Waals surface area contributed by atoms with Crippen LogP contribution in [0.25, 0.3) is 21.6 Å². The second-order valence-corrected chi connectivity index (χ2v) is 8.97. The van der Waals surface area contributed by atoms with Gasteiger partial charge in [0, 0.05) is 66.8 Å². The average Bonchev–Trinajstić information content (AvgIpc) is 3.41. The lowest BCUT2D eigenvalue weighted by Crippen LogP contribution is -2.47. The molecule has 6 nitrogen and oxygen atoms in total. The smallest absolute Gasteiger partial charge is 0.169 e. The highest BCUT2D eigenvalue weighted by molar-refractivity contribution is 7.19. The second kappa shape index (κ2) is 7.32. The Bertz CT molecular complexity index is 1180. The monoisotopic (exact) mass is 415 g/mol. The van der Waals surface area contributed by atoms with Gasteiger partial charge in [-0.2, -0.15) is 0 Å². The Kier molecular flexibility index (Phi) is 4.34. The van der Waals surface area contributed by atoms with Crippen molar-refractivity contribution < 1.29 is 4.98 Å². The van der Waals surface area contributed by atoms with Gasteiger partial charge < -0.3 is 9.80 Å². The van der Waals surface area contributed by atoms with Gasteiger partial charge in [0.1, 0.15) is 10.6 Å². The van der Waals surface area contributed by atoms with Gasteiger partial charge in [0.15, 0.2) is 18.2 Å². The summed E-state index contributed by atoms with van der Waals surface area (Å²) >= 11 is 1.86. The van der Waals surface area contributed by atoms with Gasteiger partial charge >= 0.3 is 0 Å². The van der Waals surface area contributed by atoms with Crippen molar-refractivity contribution in [1.82, 2.24) is 15.0 Å². The Morgan fingerprint density at radius 1 is 0.933 bits per heavy atom. The van der Waals surface area contributed by atoms with Crippen molar-refractivity contribution >= 4 is 33.1 Å². The van der Waals surface area contributed by atoms with Gasteiger partial charge in [-0.3, -0.25) is 4.98 Å². The minimum Gasteiger partial charge on any atom is -0.368 e. The minimum absolute atomic E-state index is 0.784. The lowest BCUT2D eigenvalue weighted by Gasteiger charge is -2.36. The third-order valence-electron chi connectivity index (χ3n) is 6.11. The molecule has 1 N–H and O–H groups in total. The summed E-state index contributed by atoms with van der Waals surface area (Å²) in [6.07, 6.45) is 11.2. The van der Waals surface area contributed by atoms with E-state index in [-0.39, 0.29) is 0 Å². The zero-order chi connectivity index (χ0) is 19.9. The first-order chi connectivity index (χ1) is 14.9. The van der Waals surface area contributed by atoms with Gasteiger partial charge in [-0.1, -0.05) is 0 Å². The van der Waals surface area contributed by atoms with Crippen molar-refractivity contribution in [2.45, 2.75) is 19.3 Å². The molecule has 0 unspecified atom stereocenters. The van der Waals surface area contributed by atoms with E-state index in [0.29, 0.717) is 0 Å². The molecule has 0 atom stereocenters. The summed E-state index contributed by atoms with van der Waals surface area (Å²) in [5.74, 6) is 1.89. The van der Waals surface area contributed by atoms with E-state index in [1.165, 1.54) is 34.4 Å². The number of hydrogen-bond donors (Lipinski definition) is 0. The molecule has 0 bridgehead atoms. The van der Waals surface area contributed by atoms with E-state index in [4.69, 9.17) is 9.97 Å². The molecule has 1 aliphatic carbocycles. The van der Waals surface area contributed by atoms with Crippen LogP contribution >= 0.6 is 11.3 Å². The fourth-order valence-electron chi connectivity index (χ4n) is 4.59. The molecule has 4 aromatic heterocycles. The molecule has 1 aliphatic heterocycles. The molecule has 0 saturated carbocycles. The number of aryl methyl sites for hydroxylation is 2. The quantitative estimate of drug-likeness (QED) is 0.513. The molecular formula is C23H23N6S+. The molecule has 0 spiro atoms. The van der Waals surface area contributed by atoms with Crippen LogP contribution in [0.1, 0.15) is 16.9 Å². The zero-order valence-corrected chi connectivity index (χ0v) is 17.5. The number of anilines is 2. The second-order valence-electron chi connectivity index (χ2n) is 7.88. The molecule has 7 heteroatoms. The van der Waals surface area contributed by atoms with Crippen molar-refractivity contribution in [2.24, 2.45) is 0 Å². The average molecular weight is 416 g/mol. The van der Waals surface area contributed by atoms with Crippen LogP contribution in [0.4, 0.5) is 11.5 Å². The largest absolute Gasteiger partial charge is 0.368 e. The lowest BCUT2D eigenvalue weighted by atomic mass is 10.1. The number of aromatic nitrogens is 4. The van der Waals surface area contributed by atoms with E-state index in [1.54, 1.807) is 6.20 Å². The standard InChI is InChI=1S/C23H22N6S/c1-4-18-19(5-1)30-23-20(18)22(26-21(27-23)16-3-2-8-25-15-16)29-13-11-28(12-14-29)17-6-9-24-10-7-17/h2-3,6-10,15H,1,4-5,11-14H2/p+1. The summed E-state index contributed by atoms with van der Waals surface area (Å²) in [5.41, 5.74) is 3.74. The summed E-state index contributed by atoms with van der Waals surface area (Å²) in [6.45, 7) is 3.90. The van der Waals surface area contributed by atoms with Crippen molar-refractivity contribution in [3.8, 4) is 11.4 Å². The van der Waals surface area contributed by atoms with Crippen LogP contribution < -0.4 is 14.8 Å². The van der Waals surface area contributed by atoms with E-state index in [9.17, 15) is 0 Å². The van der Waals surface area contributed by atoms with Crippen LogP contribution in [0, 0.1) is 0 Å². The first kappa shape index (κ1) is 17.8. The van der Waals surface area contributed by atoms with Gasteiger partial charge in [-0.05, 0) is 37.0 Å². The maximum Gasteiger partial charge on any atom is 0.169 e. The highest BCUT2D eigenvalue weighted by Gasteiger charge is 2.27. The molecule has 150 valence electrons. The number of fused-ring (bicyclic) bond motifs is 3. The number of thiophene rings is 1. The zero-order valence-electron chi connectivity index (χ0n) is 16.7. The maximum absolute atomic E-state index is 5.10. The van der Waals surface area contributed by atoms with Crippen LogP contribution in [-0.4, -0.2) is 41.1 Å². The number of pyridine rings is 2. The normalized spacial score (nSPS) is 16.3. The summed E-state index contributed by atoms with van der Waals surface area (Å²) < 4.78 is 0. The summed E-state index contributed by atoms with van der Waals surface area (Å²) in [7, 11) is 0. The van der Waals surface area contributed by atoms with Crippen LogP contribution in [-0.2, 0) is 12.8 Å². The topological polar surface area (TPSA) is 59.3 Å². The minimum atomic E-state index is 0.784. The predicted molar refractivity (Wildman–Crippen MR) is 120 cm³/mol. The van der Waals surface area contributed by atoms with E-state index in [1.807, 2.05) is 42.1 Å². The number of aromatic amines is 1. The lowest BCUT2D eigenvalue weighted by molar-refractivity contribution is -0.377. The van der Waals surface area contributed by atoms with Crippen LogP contribution in [0.15, 0.2) is 49.1 Å². The molecule has 0 aromatic carbocycles. The molecule has 30 heavy (non-hydrogen) atoms. The van der Waals surface area contributed by atoms with Crippen molar-refractivity contribution in [1.29, 1.82) is 0 Å². The van der Waals surface area contributed by atoms with Gasteiger partial charge in [0.2, 0.25) is 0 Å². The third-order valence-corrected chi connectivity index (χ3v) is 7.30. The number of H-pyrrole nitrogens is 1. The highest BCUT2D eigenvalue weighted by Crippen LogP contribution is 2.41. The van der Waals surface area contributed by atoms with Crippen LogP contribution in [0.5, 0.6) is 0 Å². The summed E-state index contributed by atoms with van der Waals surface area (Å²) in [6, 6.07) is 8.28. The maximum atomic E-state index is 5.10. The fraction of sp³-hybridized carbons (Fsp3) is 0.304. The molecule has 0 amide bonds. The summed E-state index contributed by atoms with van der Waals surface area (Å²) in [5, 5.41) is 1.29. The van der Waals surface area contributed by atoms with E-state index < -0.39 is 0 Å². The van der Waals surface area contributed by atoms with Crippen LogP contribution in [0.3, 0.4) is 0 Å². The number of nitrogens with one attached hydrogen (secondary N) is 1. The number of nitrogens with zero attached hydrogens (tertiary/aromatic N) is 5. The number of piperazine rings is 1. The molecule has 0 radical (unpaired) electrons. The van der Waals surface area contributed by atoms with E-state index >= 15 is 0 Å². The first-order valence-electron chi connectivity index (χ1n) is 10.6. The van der Waals surface area contributed by atoms with Crippen molar-refractivity contribution in [2.75, 3.05) is 36.0 Å². The molecule has 2 aliphatic rings. The third kappa shape index (κ3) is 3.01. The molecule has 5 heterocycles. The van der Waals surface area contributed by atoms with E-state index in [2.05, 4.69) is 31.9 Å². The van der Waals surface area contributed by atoms with Crippen molar-refractivity contribution in [3.63, 3.8) is 0 Å². The van der Waals surface area contributed by atoms with E-state index in [0.717, 1.165) is 54.6 Å². The fourth-order valence-corrected chi connectivity index (χ4v) is 5.85. The number of rotatable bonds is 3. The molecule has 1 fully saturated rings. The van der Waals surface area contributed by atoms with Gasteiger partial charge in [-0.25, -0.2) is 15.0 Å². The van der Waals surface area contributed by atoms with Gasteiger partial charge in [0.25, 0.3) is 0 Å². The SMILES string of the molecule is c1cncc(-c2nc(N3CCN(c4cc[nH+]cc4)CC3)c3c4c(sc3n2)CCC4)c1. The molecule has 4 aromatic rings. The first-order valence-corrected chi connectivity index (χ1v) is 11.4. The summed E-state index contributed by atoms with van der Waals surface area (Å²) in [4.78, 5) is 25.0. The molecule has 6 rings (SSSR count). The van der Waals surface area contributed by atoms with Gasteiger partial charge in [-0.15, -0.1) is 11.3 Å². The van der Waals surface area contributed by atoms with Crippen LogP contribution in [0.2, 0.25) is 0 Å². The number of hydrogen-bond acceptors (Lipinski definition) is 6. The Morgan fingerprint density at radius 2 is 1.77 bits per heavy atom. The van der Waals surface area contributed by atoms with Crippen molar-refractivity contribution in [3.05, 3.63) is 59.5 Å². The Labute approximate surface area is 179 Å².